The van der Waals surface area contributed by atoms with Crippen molar-refractivity contribution in [3.05, 3.63) is 10.6 Å². The van der Waals surface area contributed by atoms with E-state index in [1.165, 1.54) is 14.0 Å². The molecule has 0 bridgehead atoms. The number of carbonyl (C=O) groups excluding carboxylic acids is 3. The van der Waals surface area contributed by atoms with Crippen LogP contribution in [0.2, 0.25) is 0 Å². The van der Waals surface area contributed by atoms with E-state index in [0.717, 1.165) is 11.3 Å². The average Bonchev–Trinajstić information content (AvgIpc) is 2.82. The molecule has 0 spiro atoms. The van der Waals surface area contributed by atoms with Crippen LogP contribution in [-0.4, -0.2) is 43.3 Å². The first-order valence-electron chi connectivity index (χ1n) is 5.54. The van der Waals surface area contributed by atoms with Gasteiger partial charge < -0.3 is 15.4 Å². The second-order valence-electron chi connectivity index (χ2n) is 3.59. The van der Waals surface area contributed by atoms with E-state index in [2.05, 4.69) is 20.4 Å². The highest BCUT2D eigenvalue weighted by Gasteiger charge is 2.21. The molecular weight excluding hydrogens is 270 g/mol. The number of Topliss-reactive ketones (excluding diaryl/α,β-unsaturated/α-hetero) is 1. The zero-order valence-corrected chi connectivity index (χ0v) is 11.7. The molecular formula is C11H15N3O4S. The predicted molar refractivity (Wildman–Crippen MR) is 70.6 cm³/mol. The van der Waals surface area contributed by atoms with E-state index in [1.807, 2.05) is 0 Å². The first-order valence-corrected chi connectivity index (χ1v) is 6.35. The summed E-state index contributed by atoms with van der Waals surface area (Å²) in [5.41, 5.74) is 0.00226. The van der Waals surface area contributed by atoms with E-state index in [-0.39, 0.29) is 28.7 Å². The molecule has 0 fully saturated rings. The number of anilines is 1. The summed E-state index contributed by atoms with van der Waals surface area (Å²) in [4.78, 5) is 38.1. The molecule has 0 aromatic carbocycles. The van der Waals surface area contributed by atoms with Gasteiger partial charge in [0, 0.05) is 26.9 Å². The summed E-state index contributed by atoms with van der Waals surface area (Å²) in [5, 5.41) is 5.79. The number of methoxy groups -OCH3 is 1. The molecule has 1 aromatic rings. The Balaban J connectivity index is 2.78. The molecule has 104 valence electrons. The number of ether oxygens (including phenoxy) is 1. The van der Waals surface area contributed by atoms with Crippen molar-refractivity contribution < 1.29 is 19.1 Å². The quantitative estimate of drug-likeness (QED) is 0.589. The molecule has 1 amide bonds. The molecule has 8 heteroatoms. The molecule has 1 rings (SSSR count). The fourth-order valence-corrected chi connectivity index (χ4v) is 2.15. The number of hydrogen-bond donors (Lipinski definition) is 2. The lowest BCUT2D eigenvalue weighted by Crippen LogP contribution is -2.20. The summed E-state index contributed by atoms with van der Waals surface area (Å²) in [5.74, 6) is -1.01. The van der Waals surface area contributed by atoms with Crippen molar-refractivity contribution >= 4 is 34.1 Å². The molecule has 0 unspecified atom stereocenters. The van der Waals surface area contributed by atoms with Crippen LogP contribution in [0.15, 0.2) is 0 Å². The van der Waals surface area contributed by atoms with Crippen molar-refractivity contribution in [3.8, 4) is 0 Å². The molecule has 7 nitrogen and oxygen atoms in total. The number of hydrogen-bond acceptors (Lipinski definition) is 7. The van der Waals surface area contributed by atoms with E-state index in [4.69, 9.17) is 0 Å². The Bertz CT molecular complexity index is 498. The van der Waals surface area contributed by atoms with Gasteiger partial charge in [0.25, 0.3) is 0 Å². The van der Waals surface area contributed by atoms with Gasteiger partial charge in [-0.05, 0) is 0 Å². The van der Waals surface area contributed by atoms with Crippen molar-refractivity contribution in [1.29, 1.82) is 0 Å². The van der Waals surface area contributed by atoms with Gasteiger partial charge in [0.05, 0.1) is 7.11 Å². The molecule has 0 aliphatic carbocycles. The van der Waals surface area contributed by atoms with E-state index >= 15 is 0 Å². The second kappa shape index (κ2) is 6.83. The summed E-state index contributed by atoms with van der Waals surface area (Å²) in [6, 6.07) is 0. The monoisotopic (exact) mass is 285 g/mol. The summed E-state index contributed by atoms with van der Waals surface area (Å²) in [6.45, 7) is 1.72. The third-order valence-corrected chi connectivity index (χ3v) is 3.35. The van der Waals surface area contributed by atoms with Crippen LogP contribution in [0.1, 0.15) is 33.5 Å². The Kier molecular flexibility index (Phi) is 5.43. The van der Waals surface area contributed by atoms with Crippen LogP contribution >= 0.6 is 11.3 Å². The number of ketones is 1. The van der Waals surface area contributed by atoms with E-state index in [9.17, 15) is 14.4 Å². The lowest BCUT2D eigenvalue weighted by molar-refractivity contribution is -0.120. The van der Waals surface area contributed by atoms with Crippen LogP contribution in [0, 0.1) is 0 Å². The van der Waals surface area contributed by atoms with Gasteiger partial charge >= 0.3 is 5.97 Å². The number of carbonyl (C=O) groups is 3. The van der Waals surface area contributed by atoms with Gasteiger partial charge in [-0.15, -0.1) is 0 Å². The van der Waals surface area contributed by atoms with Gasteiger partial charge in [0.2, 0.25) is 5.91 Å². The van der Waals surface area contributed by atoms with E-state index < -0.39 is 5.97 Å². The first-order chi connectivity index (χ1) is 8.99. The number of nitrogens with zero attached hydrogens (tertiary/aromatic N) is 1. The Labute approximate surface area is 114 Å². The number of aromatic nitrogens is 1. The lowest BCUT2D eigenvalue weighted by Gasteiger charge is -2.00. The van der Waals surface area contributed by atoms with Crippen LogP contribution in [0.5, 0.6) is 0 Å². The number of amides is 1. The molecule has 0 saturated heterocycles. The molecule has 2 N–H and O–H groups in total. The third-order valence-electron chi connectivity index (χ3n) is 2.23. The molecule has 0 aliphatic rings. The molecule has 0 radical (unpaired) electrons. The maximum atomic E-state index is 11.5. The first kappa shape index (κ1) is 15.1. The smallest absolute Gasteiger partial charge is 0.358 e. The van der Waals surface area contributed by atoms with Crippen molar-refractivity contribution in [3.63, 3.8) is 0 Å². The van der Waals surface area contributed by atoms with Crippen molar-refractivity contribution in [2.45, 2.75) is 13.3 Å². The highest BCUT2D eigenvalue weighted by atomic mass is 32.1. The Hall–Kier alpha value is -1.96. The molecule has 19 heavy (non-hydrogen) atoms. The Morgan fingerprint density at radius 2 is 2.05 bits per heavy atom. The second-order valence-corrected chi connectivity index (χ2v) is 4.59. The number of rotatable bonds is 6. The van der Waals surface area contributed by atoms with Gasteiger partial charge in [0.15, 0.2) is 16.6 Å². The highest BCUT2D eigenvalue weighted by Crippen LogP contribution is 2.24. The maximum absolute atomic E-state index is 11.5. The number of thiazole rings is 1. The standard InChI is InChI=1S/C11H15N3O4S/c1-6(15)9-8(10(17)18-3)14-11(19-9)13-5-4-7(16)12-2/h4-5H2,1-3H3,(H,12,16)(H,13,14). The zero-order chi connectivity index (χ0) is 14.4. The minimum Gasteiger partial charge on any atom is -0.464 e. The molecule has 0 atom stereocenters. The third kappa shape index (κ3) is 4.02. The minimum atomic E-state index is -0.652. The number of esters is 1. The Morgan fingerprint density at radius 1 is 1.37 bits per heavy atom. The maximum Gasteiger partial charge on any atom is 0.358 e. The van der Waals surface area contributed by atoms with Gasteiger partial charge in [-0.25, -0.2) is 9.78 Å². The number of nitrogens with one attached hydrogen (secondary N) is 2. The average molecular weight is 285 g/mol. The van der Waals surface area contributed by atoms with Crippen LogP contribution in [0.3, 0.4) is 0 Å². The summed E-state index contributed by atoms with van der Waals surface area (Å²) in [7, 11) is 2.78. The van der Waals surface area contributed by atoms with Gasteiger partial charge in [-0.1, -0.05) is 11.3 Å². The van der Waals surface area contributed by atoms with Crippen molar-refractivity contribution in [2.75, 3.05) is 26.0 Å². The highest BCUT2D eigenvalue weighted by molar-refractivity contribution is 7.17. The molecule has 1 aromatic heterocycles. The van der Waals surface area contributed by atoms with Gasteiger partial charge in [0.1, 0.15) is 4.88 Å². The summed E-state index contributed by atoms with van der Waals surface area (Å²) < 4.78 is 4.56. The fraction of sp³-hybridized carbons (Fsp3) is 0.455. The van der Waals surface area contributed by atoms with Crippen molar-refractivity contribution in [1.82, 2.24) is 10.3 Å². The summed E-state index contributed by atoms with van der Waals surface area (Å²) in [6.07, 6.45) is 0.277. The van der Waals surface area contributed by atoms with Gasteiger partial charge in [-0.3, -0.25) is 9.59 Å². The van der Waals surface area contributed by atoms with E-state index in [0.29, 0.717) is 11.7 Å². The zero-order valence-electron chi connectivity index (χ0n) is 10.9. The van der Waals surface area contributed by atoms with Crippen LogP contribution in [-0.2, 0) is 9.53 Å². The lowest BCUT2D eigenvalue weighted by atomic mass is 10.3. The minimum absolute atomic E-state index is 0.00226. The van der Waals surface area contributed by atoms with Gasteiger partial charge in [-0.2, -0.15) is 0 Å². The molecule has 0 aliphatic heterocycles. The normalized spacial score (nSPS) is 9.84. The SMILES string of the molecule is CNC(=O)CCNc1nc(C(=O)OC)c(C(C)=O)s1. The summed E-state index contributed by atoms with van der Waals surface area (Å²) >= 11 is 1.07. The topological polar surface area (TPSA) is 97.4 Å². The molecule has 1 heterocycles. The van der Waals surface area contributed by atoms with E-state index in [1.54, 1.807) is 7.05 Å². The fourth-order valence-electron chi connectivity index (χ4n) is 1.28. The van der Waals surface area contributed by atoms with Crippen LogP contribution < -0.4 is 10.6 Å². The molecule has 0 saturated carbocycles. The van der Waals surface area contributed by atoms with Crippen LogP contribution in [0.25, 0.3) is 0 Å². The Morgan fingerprint density at radius 3 is 2.58 bits per heavy atom. The largest absolute Gasteiger partial charge is 0.464 e. The predicted octanol–water partition coefficient (Wildman–Crippen LogP) is 0.680. The van der Waals surface area contributed by atoms with Crippen molar-refractivity contribution in [2.24, 2.45) is 0 Å². The van der Waals surface area contributed by atoms with Crippen LogP contribution in [0.4, 0.5) is 5.13 Å².